The van der Waals surface area contributed by atoms with Crippen molar-refractivity contribution < 1.29 is 4.74 Å². The van der Waals surface area contributed by atoms with Gasteiger partial charge in [-0.15, -0.1) is 0 Å². The van der Waals surface area contributed by atoms with Crippen LogP contribution in [0.3, 0.4) is 0 Å². The molecule has 1 unspecified atom stereocenters. The molecule has 0 spiro atoms. The predicted molar refractivity (Wildman–Crippen MR) is 76.2 cm³/mol. The van der Waals surface area contributed by atoms with E-state index in [0.717, 1.165) is 26.2 Å². The number of hydrogen-bond donors (Lipinski definition) is 0. The zero-order chi connectivity index (χ0) is 13.9. The van der Waals surface area contributed by atoms with Gasteiger partial charge in [0, 0.05) is 63.4 Å². The van der Waals surface area contributed by atoms with Crippen molar-refractivity contribution in [2.45, 2.75) is 19.0 Å². The Bertz CT molecular complexity index is 567. The van der Waals surface area contributed by atoms with E-state index in [1.165, 1.54) is 16.8 Å². The minimum absolute atomic E-state index is 0.387. The Labute approximate surface area is 119 Å². The molecular weight excluding hydrogens is 252 g/mol. The molecule has 0 fully saturated rings. The highest BCUT2D eigenvalue weighted by Crippen LogP contribution is 2.28. The van der Waals surface area contributed by atoms with Crippen LogP contribution in [0, 0.1) is 0 Å². The third kappa shape index (κ3) is 2.59. The van der Waals surface area contributed by atoms with Crippen molar-refractivity contribution >= 4 is 0 Å². The maximum atomic E-state index is 5.38. The van der Waals surface area contributed by atoms with Crippen LogP contribution >= 0.6 is 0 Å². The largest absolute Gasteiger partial charge is 0.384 e. The summed E-state index contributed by atoms with van der Waals surface area (Å²) in [5.74, 6) is 0.387. The third-order valence-electron chi connectivity index (χ3n) is 3.85. The molecule has 0 bridgehead atoms. The molecule has 0 aliphatic carbocycles. The van der Waals surface area contributed by atoms with E-state index in [2.05, 4.69) is 27.1 Å². The van der Waals surface area contributed by atoms with Crippen molar-refractivity contribution in [3.63, 3.8) is 0 Å². The Morgan fingerprint density at radius 1 is 1.35 bits per heavy atom. The lowest BCUT2D eigenvalue weighted by Gasteiger charge is -2.32. The summed E-state index contributed by atoms with van der Waals surface area (Å²) >= 11 is 0. The monoisotopic (exact) mass is 272 g/mol. The van der Waals surface area contributed by atoms with E-state index in [-0.39, 0.29) is 0 Å². The standard InChI is InChI=1S/C15H20N4O/c1-18-15-13(7-17-18)9-19(10-14(15)11-20-2)8-12-3-5-16-6-4-12/h3-7,14H,8-11H2,1-2H3. The first kappa shape index (κ1) is 13.3. The summed E-state index contributed by atoms with van der Waals surface area (Å²) in [7, 11) is 3.78. The van der Waals surface area contributed by atoms with Gasteiger partial charge in [-0.2, -0.15) is 5.10 Å². The highest BCUT2D eigenvalue weighted by Gasteiger charge is 2.28. The number of nitrogens with zero attached hydrogens (tertiary/aromatic N) is 4. The number of fused-ring (bicyclic) bond motifs is 1. The summed E-state index contributed by atoms with van der Waals surface area (Å²) < 4.78 is 7.37. The van der Waals surface area contributed by atoms with Crippen molar-refractivity contribution in [2.75, 3.05) is 20.3 Å². The molecule has 0 N–H and O–H groups in total. The molecule has 0 saturated carbocycles. The fourth-order valence-electron chi connectivity index (χ4n) is 3.04. The third-order valence-corrected chi connectivity index (χ3v) is 3.85. The molecule has 5 heteroatoms. The SMILES string of the molecule is COCC1CN(Cc2ccncc2)Cc2cnn(C)c21. The van der Waals surface area contributed by atoms with E-state index in [4.69, 9.17) is 4.74 Å². The van der Waals surface area contributed by atoms with Crippen LogP contribution in [0.25, 0.3) is 0 Å². The summed E-state index contributed by atoms with van der Waals surface area (Å²) in [6.07, 6.45) is 5.68. The van der Waals surface area contributed by atoms with Crippen LogP contribution in [-0.2, 0) is 24.9 Å². The smallest absolute Gasteiger partial charge is 0.0558 e. The van der Waals surface area contributed by atoms with Gasteiger partial charge >= 0.3 is 0 Å². The number of pyridine rings is 1. The topological polar surface area (TPSA) is 43.2 Å². The molecule has 1 atom stereocenters. The lowest BCUT2D eigenvalue weighted by Crippen LogP contribution is -2.35. The number of rotatable bonds is 4. The van der Waals surface area contributed by atoms with Gasteiger partial charge in [0.25, 0.3) is 0 Å². The molecule has 0 saturated heterocycles. The van der Waals surface area contributed by atoms with E-state index >= 15 is 0 Å². The molecule has 20 heavy (non-hydrogen) atoms. The van der Waals surface area contributed by atoms with Gasteiger partial charge < -0.3 is 4.74 Å². The number of aromatic nitrogens is 3. The van der Waals surface area contributed by atoms with Crippen molar-refractivity contribution in [1.82, 2.24) is 19.7 Å². The summed E-state index contributed by atoms with van der Waals surface area (Å²) in [5, 5.41) is 4.40. The second-order valence-corrected chi connectivity index (χ2v) is 5.36. The quantitative estimate of drug-likeness (QED) is 0.847. The van der Waals surface area contributed by atoms with Crippen molar-refractivity contribution in [1.29, 1.82) is 0 Å². The van der Waals surface area contributed by atoms with Crippen LogP contribution in [0.1, 0.15) is 22.7 Å². The van der Waals surface area contributed by atoms with Crippen LogP contribution in [0.2, 0.25) is 0 Å². The van der Waals surface area contributed by atoms with Crippen molar-refractivity contribution in [3.05, 3.63) is 47.5 Å². The number of hydrogen-bond acceptors (Lipinski definition) is 4. The molecular formula is C15H20N4O. The normalized spacial score (nSPS) is 19.0. The lowest BCUT2D eigenvalue weighted by atomic mass is 9.96. The van der Waals surface area contributed by atoms with Crippen LogP contribution in [0.15, 0.2) is 30.7 Å². The molecule has 0 amide bonds. The molecule has 1 aliphatic rings. The van der Waals surface area contributed by atoms with Gasteiger partial charge in [0.1, 0.15) is 0 Å². The van der Waals surface area contributed by atoms with Gasteiger partial charge in [-0.25, -0.2) is 0 Å². The molecule has 0 aromatic carbocycles. The maximum Gasteiger partial charge on any atom is 0.0558 e. The van der Waals surface area contributed by atoms with Gasteiger partial charge in [-0.3, -0.25) is 14.6 Å². The number of methoxy groups -OCH3 is 1. The zero-order valence-electron chi connectivity index (χ0n) is 12.0. The van der Waals surface area contributed by atoms with Gasteiger partial charge in [0.05, 0.1) is 12.8 Å². The first-order chi connectivity index (χ1) is 9.78. The minimum atomic E-state index is 0.387. The second kappa shape index (κ2) is 5.73. The van der Waals surface area contributed by atoms with E-state index in [1.54, 1.807) is 7.11 Å². The molecule has 0 radical (unpaired) electrons. The molecule has 5 nitrogen and oxygen atoms in total. The van der Waals surface area contributed by atoms with Gasteiger partial charge in [0.15, 0.2) is 0 Å². The summed E-state index contributed by atoms with van der Waals surface area (Å²) in [4.78, 5) is 6.52. The highest BCUT2D eigenvalue weighted by atomic mass is 16.5. The van der Waals surface area contributed by atoms with Crippen molar-refractivity contribution in [2.24, 2.45) is 7.05 Å². The van der Waals surface area contributed by atoms with Gasteiger partial charge in [0.2, 0.25) is 0 Å². The van der Waals surface area contributed by atoms with Crippen LogP contribution in [-0.4, -0.2) is 39.9 Å². The number of aryl methyl sites for hydroxylation is 1. The molecule has 3 heterocycles. The Hall–Kier alpha value is -1.72. The van der Waals surface area contributed by atoms with E-state index < -0.39 is 0 Å². The fraction of sp³-hybridized carbons (Fsp3) is 0.467. The zero-order valence-corrected chi connectivity index (χ0v) is 12.0. The average Bonchev–Trinajstić information content (AvgIpc) is 2.82. The first-order valence-electron chi connectivity index (χ1n) is 6.89. The van der Waals surface area contributed by atoms with Gasteiger partial charge in [-0.05, 0) is 17.7 Å². The van der Waals surface area contributed by atoms with E-state index in [9.17, 15) is 0 Å². The maximum absolute atomic E-state index is 5.38. The minimum Gasteiger partial charge on any atom is -0.384 e. The van der Waals surface area contributed by atoms with Crippen LogP contribution < -0.4 is 0 Å². The first-order valence-corrected chi connectivity index (χ1v) is 6.89. The summed E-state index contributed by atoms with van der Waals surface area (Å²) in [6.45, 7) is 3.63. The Morgan fingerprint density at radius 3 is 2.90 bits per heavy atom. The molecule has 106 valence electrons. The Balaban J connectivity index is 1.79. The van der Waals surface area contributed by atoms with Crippen LogP contribution in [0.5, 0.6) is 0 Å². The lowest BCUT2D eigenvalue weighted by molar-refractivity contribution is 0.132. The summed E-state index contributed by atoms with van der Waals surface area (Å²) in [5.41, 5.74) is 3.93. The van der Waals surface area contributed by atoms with Crippen LogP contribution in [0.4, 0.5) is 0 Å². The van der Waals surface area contributed by atoms with E-state index in [1.807, 2.05) is 30.3 Å². The Morgan fingerprint density at radius 2 is 2.15 bits per heavy atom. The molecule has 2 aromatic rings. The van der Waals surface area contributed by atoms with Gasteiger partial charge in [-0.1, -0.05) is 0 Å². The molecule has 1 aliphatic heterocycles. The second-order valence-electron chi connectivity index (χ2n) is 5.36. The fourth-order valence-corrected chi connectivity index (χ4v) is 3.04. The molecule has 2 aromatic heterocycles. The Kier molecular flexibility index (Phi) is 3.80. The predicted octanol–water partition coefficient (Wildman–Crippen LogP) is 1.56. The average molecular weight is 272 g/mol. The number of ether oxygens (including phenoxy) is 1. The molecule has 3 rings (SSSR count). The van der Waals surface area contributed by atoms with E-state index in [0.29, 0.717) is 5.92 Å². The summed E-state index contributed by atoms with van der Waals surface area (Å²) in [6, 6.07) is 4.15. The highest BCUT2D eigenvalue weighted by molar-refractivity contribution is 5.25. The van der Waals surface area contributed by atoms with Crippen molar-refractivity contribution in [3.8, 4) is 0 Å².